The zero-order chi connectivity index (χ0) is 30.6. The summed E-state index contributed by atoms with van der Waals surface area (Å²) < 4.78 is 4.74. The number of rotatable bonds is 10. The highest BCUT2D eigenvalue weighted by Gasteiger charge is 1.92. The van der Waals surface area contributed by atoms with E-state index in [4.69, 9.17) is 4.74 Å². The number of unbranched alkanes of at least 4 members (excludes halogenated alkanes) is 4. The summed E-state index contributed by atoms with van der Waals surface area (Å²) in [6, 6.07) is 19.4. The summed E-state index contributed by atoms with van der Waals surface area (Å²) in [6.07, 6.45) is 15.3. The molecule has 2 rings (SSSR count). The summed E-state index contributed by atoms with van der Waals surface area (Å²) in [4.78, 5) is 21.8. The van der Waals surface area contributed by atoms with Crippen LogP contribution in [0, 0.1) is 0 Å². The third-order valence-corrected chi connectivity index (χ3v) is 4.52. The number of allylic oxidation sites excluding steroid dienone is 1. The van der Waals surface area contributed by atoms with Gasteiger partial charge in [-0.3, -0.25) is 4.79 Å². The lowest BCUT2D eigenvalue weighted by Gasteiger charge is -1.94. The van der Waals surface area contributed by atoms with Gasteiger partial charge >= 0.3 is 5.97 Å². The summed E-state index contributed by atoms with van der Waals surface area (Å²) in [5.41, 5.74) is 2.06. The van der Waals surface area contributed by atoms with Gasteiger partial charge in [0, 0.05) is 12.5 Å². The minimum absolute atomic E-state index is 0.166. The zero-order valence-electron chi connectivity index (χ0n) is 27.0. The van der Waals surface area contributed by atoms with Crippen LogP contribution >= 0.6 is 0 Å². The first-order chi connectivity index (χ1) is 19.0. The lowest BCUT2D eigenvalue weighted by molar-refractivity contribution is -0.137. The van der Waals surface area contributed by atoms with Crippen molar-refractivity contribution in [1.29, 1.82) is 0 Å². The Bertz CT molecular complexity index is 767. The van der Waals surface area contributed by atoms with Crippen LogP contribution in [-0.2, 0) is 14.3 Å². The fourth-order valence-corrected chi connectivity index (χ4v) is 2.50. The smallest absolute Gasteiger partial charge is 0.330 e. The first kappa shape index (κ1) is 43.1. The van der Waals surface area contributed by atoms with Crippen LogP contribution in [0.1, 0.15) is 125 Å². The predicted octanol–water partition coefficient (Wildman–Crippen LogP) is 11.4. The van der Waals surface area contributed by atoms with E-state index in [0.717, 1.165) is 11.1 Å². The molecule has 0 radical (unpaired) electrons. The van der Waals surface area contributed by atoms with Crippen LogP contribution < -0.4 is 0 Å². The maximum atomic E-state index is 10.9. The van der Waals surface area contributed by atoms with Gasteiger partial charge in [-0.1, -0.05) is 168 Å². The highest BCUT2D eigenvalue weighted by Crippen LogP contribution is 2.02. The molecule has 3 nitrogen and oxygen atoms in total. The second kappa shape index (κ2) is 39.6. The Labute approximate surface area is 242 Å². The first-order valence-corrected chi connectivity index (χ1v) is 15.1. The predicted molar refractivity (Wildman–Crippen MR) is 176 cm³/mol. The molecule has 0 fully saturated rings. The lowest BCUT2D eigenvalue weighted by Crippen LogP contribution is -1.98. The molecule has 0 aliphatic heterocycles. The summed E-state index contributed by atoms with van der Waals surface area (Å²) in [5.74, 6) is -0.134. The number of hydrogen-bond acceptors (Lipinski definition) is 3. The Kier molecular flexibility index (Phi) is 43.8. The largest absolute Gasteiger partial charge is 0.463 e. The van der Waals surface area contributed by atoms with E-state index in [1.54, 1.807) is 19.1 Å². The quantitative estimate of drug-likeness (QED) is 0.222. The number of ether oxygens (including phenoxy) is 1. The third kappa shape index (κ3) is 37.3. The molecule has 2 aromatic carbocycles. The molecule has 0 aromatic heterocycles. The summed E-state index contributed by atoms with van der Waals surface area (Å²) >= 11 is 0. The molecule has 0 atom stereocenters. The average Bonchev–Trinajstić information content (AvgIpc) is 3.00. The van der Waals surface area contributed by atoms with E-state index in [0.29, 0.717) is 13.0 Å². The van der Waals surface area contributed by atoms with Crippen molar-refractivity contribution in [3.8, 4) is 0 Å². The molecule has 2 aromatic rings. The Morgan fingerprint density at radius 3 is 1.23 bits per heavy atom. The van der Waals surface area contributed by atoms with E-state index in [1.165, 1.54) is 44.6 Å². The minimum Gasteiger partial charge on any atom is -0.463 e. The van der Waals surface area contributed by atoms with Gasteiger partial charge in [-0.2, -0.15) is 0 Å². The highest BCUT2D eigenvalue weighted by molar-refractivity contribution is 5.93. The van der Waals surface area contributed by atoms with Gasteiger partial charge in [-0.25, -0.2) is 4.79 Å². The van der Waals surface area contributed by atoms with Gasteiger partial charge in [0.05, 0.1) is 6.61 Å². The Morgan fingerprint density at radius 1 is 0.590 bits per heavy atom. The average molecular weight is 541 g/mol. The van der Waals surface area contributed by atoms with Crippen LogP contribution in [0.5, 0.6) is 0 Å². The number of carbonyl (C=O) groups is 2. The van der Waals surface area contributed by atoms with Gasteiger partial charge in [0.2, 0.25) is 0 Å². The molecule has 222 valence electrons. The fraction of sp³-hybridized carbons (Fsp3) is 0.500. The monoisotopic (exact) mass is 540 g/mol. The van der Waals surface area contributed by atoms with Gasteiger partial charge in [0.25, 0.3) is 0 Å². The molecular weight excluding hydrogens is 480 g/mol. The van der Waals surface area contributed by atoms with Gasteiger partial charge < -0.3 is 4.74 Å². The van der Waals surface area contributed by atoms with Crippen LogP contribution in [0.4, 0.5) is 0 Å². The number of esters is 1. The molecule has 0 heterocycles. The van der Waals surface area contributed by atoms with Gasteiger partial charge in [-0.05, 0) is 30.2 Å². The van der Waals surface area contributed by atoms with Crippen molar-refractivity contribution in [2.24, 2.45) is 0 Å². The molecule has 0 amide bonds. The van der Waals surface area contributed by atoms with Crippen molar-refractivity contribution in [3.05, 3.63) is 83.9 Å². The van der Waals surface area contributed by atoms with Crippen molar-refractivity contribution in [2.45, 2.75) is 114 Å². The normalized spacial score (nSPS) is 9.08. The van der Waals surface area contributed by atoms with Gasteiger partial charge in [0.15, 0.2) is 5.78 Å². The first-order valence-electron chi connectivity index (χ1n) is 15.1. The molecule has 0 aliphatic carbocycles. The summed E-state index contributed by atoms with van der Waals surface area (Å²) in [7, 11) is 0. The number of hydrogen-bond donors (Lipinski definition) is 0. The Balaban J connectivity index is -0.000000216. The third-order valence-electron chi connectivity index (χ3n) is 4.52. The maximum absolute atomic E-state index is 10.9. The van der Waals surface area contributed by atoms with Crippen LogP contribution in [0.2, 0.25) is 0 Å². The molecular formula is C36H60O3. The van der Waals surface area contributed by atoms with Crippen LogP contribution in [-0.4, -0.2) is 18.4 Å². The van der Waals surface area contributed by atoms with Gasteiger partial charge in [-0.15, -0.1) is 0 Å². The standard InChI is InChI=1S/C11H12O2.C11H12O.2C5H12.2C2H6/c1-2-13-11(12)9-8-10-6-4-3-5-7-10;1-2-11(12)9-8-10-6-4-3-5-7-10;2*1-3-5-4-2;2*1-2/h3-9H,2H2,1H3;3-9H,2H2,1H3;2*3-5H2,1-2H3;2*1-2H3. The van der Waals surface area contributed by atoms with Crippen LogP contribution in [0.25, 0.3) is 12.2 Å². The van der Waals surface area contributed by atoms with Crippen LogP contribution in [0.15, 0.2) is 72.8 Å². The topological polar surface area (TPSA) is 43.4 Å². The van der Waals surface area contributed by atoms with Gasteiger partial charge in [0.1, 0.15) is 0 Å². The maximum Gasteiger partial charge on any atom is 0.330 e. The second-order valence-corrected chi connectivity index (χ2v) is 7.77. The van der Waals surface area contributed by atoms with E-state index in [9.17, 15) is 9.59 Å². The summed E-state index contributed by atoms with van der Waals surface area (Å²) in [6.45, 7) is 20.9. The molecule has 0 saturated carbocycles. The Hall–Kier alpha value is -2.94. The molecule has 0 N–H and O–H groups in total. The van der Waals surface area contributed by atoms with Crippen molar-refractivity contribution < 1.29 is 14.3 Å². The number of ketones is 1. The minimum atomic E-state index is -0.300. The fourth-order valence-electron chi connectivity index (χ4n) is 2.50. The zero-order valence-corrected chi connectivity index (χ0v) is 27.0. The highest BCUT2D eigenvalue weighted by atomic mass is 16.5. The molecule has 0 saturated heterocycles. The SMILES string of the molecule is CC.CC.CCC(=O)C=Cc1ccccc1.CCCCC.CCCCC.CCOC(=O)C=Cc1ccccc1. The Morgan fingerprint density at radius 2 is 0.949 bits per heavy atom. The molecule has 0 aliphatic rings. The van der Waals surface area contributed by atoms with E-state index in [-0.39, 0.29) is 11.8 Å². The van der Waals surface area contributed by atoms with E-state index in [1.807, 2.05) is 101 Å². The number of carbonyl (C=O) groups excluding carboxylic acids is 2. The van der Waals surface area contributed by atoms with Crippen molar-refractivity contribution in [2.75, 3.05) is 6.61 Å². The second-order valence-electron chi connectivity index (χ2n) is 7.77. The van der Waals surface area contributed by atoms with Crippen molar-refractivity contribution in [3.63, 3.8) is 0 Å². The molecule has 0 unspecified atom stereocenters. The molecule has 0 spiro atoms. The van der Waals surface area contributed by atoms with Crippen LogP contribution in [0.3, 0.4) is 0 Å². The van der Waals surface area contributed by atoms with E-state index < -0.39 is 0 Å². The molecule has 0 bridgehead atoms. The molecule has 3 heteroatoms. The molecule has 39 heavy (non-hydrogen) atoms. The van der Waals surface area contributed by atoms with E-state index >= 15 is 0 Å². The van der Waals surface area contributed by atoms with Crippen molar-refractivity contribution >= 4 is 23.9 Å². The number of benzene rings is 2. The lowest BCUT2D eigenvalue weighted by atomic mass is 10.2. The van der Waals surface area contributed by atoms with Crippen molar-refractivity contribution in [1.82, 2.24) is 0 Å². The van der Waals surface area contributed by atoms with E-state index in [2.05, 4.69) is 27.7 Å². The summed E-state index contributed by atoms with van der Waals surface area (Å²) in [5, 5.41) is 0.